The third-order valence-electron chi connectivity index (χ3n) is 3.73. The summed E-state index contributed by atoms with van der Waals surface area (Å²) in [6.07, 6.45) is 0.878. The fourth-order valence-corrected chi connectivity index (χ4v) is 2.42. The molecule has 0 N–H and O–H groups in total. The van der Waals surface area contributed by atoms with Crippen molar-refractivity contribution in [2.45, 2.75) is 53.9 Å². The molecule has 0 aliphatic rings. The van der Waals surface area contributed by atoms with E-state index in [0.717, 1.165) is 23.5 Å². The maximum absolute atomic E-state index is 5.93. The Hall–Kier alpha value is -1.82. The quantitative estimate of drug-likeness (QED) is 0.629. The van der Waals surface area contributed by atoms with Crippen LogP contribution in [-0.2, 0) is 0 Å². The zero-order chi connectivity index (χ0) is 17.2. The van der Waals surface area contributed by atoms with Gasteiger partial charge in [0.25, 0.3) is 0 Å². The molecule has 0 aromatic heterocycles. The zero-order valence-electron chi connectivity index (χ0n) is 15.4. The van der Waals surface area contributed by atoms with E-state index in [1.54, 1.807) is 0 Å². The predicted octanol–water partition coefficient (Wildman–Crippen LogP) is 5.04. The van der Waals surface area contributed by atoms with Crippen molar-refractivity contribution >= 4 is 0 Å². The van der Waals surface area contributed by atoms with E-state index in [9.17, 15) is 0 Å². The maximum Gasteiger partial charge on any atom is 0.203 e. The molecule has 1 aromatic rings. The second-order valence-corrected chi connectivity index (χ2v) is 5.36. The van der Waals surface area contributed by atoms with Crippen LogP contribution < -0.4 is 14.2 Å². The predicted molar refractivity (Wildman–Crippen MR) is 95.6 cm³/mol. The second-order valence-electron chi connectivity index (χ2n) is 5.36. The molecule has 0 aliphatic heterocycles. The van der Waals surface area contributed by atoms with Gasteiger partial charge >= 0.3 is 0 Å². The summed E-state index contributed by atoms with van der Waals surface area (Å²) in [5, 5.41) is 0. The minimum Gasteiger partial charge on any atom is -0.490 e. The van der Waals surface area contributed by atoms with E-state index in [1.165, 1.54) is 0 Å². The van der Waals surface area contributed by atoms with Crippen molar-refractivity contribution in [3.8, 4) is 29.1 Å². The van der Waals surface area contributed by atoms with Crippen LogP contribution >= 0.6 is 0 Å². The van der Waals surface area contributed by atoms with Crippen LogP contribution in [0.25, 0.3) is 0 Å². The zero-order valence-corrected chi connectivity index (χ0v) is 15.4. The van der Waals surface area contributed by atoms with Crippen LogP contribution in [-0.4, -0.2) is 19.8 Å². The molecule has 128 valence electrons. The fourth-order valence-electron chi connectivity index (χ4n) is 2.42. The Morgan fingerprint density at radius 2 is 1.48 bits per heavy atom. The molecule has 3 nitrogen and oxygen atoms in total. The summed E-state index contributed by atoms with van der Waals surface area (Å²) < 4.78 is 17.5. The molecule has 0 saturated carbocycles. The lowest BCUT2D eigenvalue weighted by Crippen LogP contribution is -2.10. The van der Waals surface area contributed by atoms with E-state index < -0.39 is 0 Å². The lowest BCUT2D eigenvalue weighted by molar-refractivity contribution is 0.258. The van der Waals surface area contributed by atoms with Crippen LogP contribution in [0.2, 0.25) is 0 Å². The smallest absolute Gasteiger partial charge is 0.203 e. The highest BCUT2D eigenvalue weighted by Gasteiger charge is 2.23. The van der Waals surface area contributed by atoms with E-state index in [0.29, 0.717) is 25.6 Å². The summed E-state index contributed by atoms with van der Waals surface area (Å²) in [7, 11) is 0. The third kappa shape index (κ3) is 5.10. The summed E-state index contributed by atoms with van der Waals surface area (Å²) in [5.41, 5.74) is 1.12. The van der Waals surface area contributed by atoms with Crippen molar-refractivity contribution in [3.63, 3.8) is 0 Å². The number of hydrogen-bond donors (Lipinski definition) is 0. The molecular formula is C20H30O3. The van der Waals surface area contributed by atoms with E-state index in [2.05, 4.69) is 38.7 Å². The first-order chi connectivity index (χ1) is 11.1. The van der Waals surface area contributed by atoms with Crippen LogP contribution in [0.4, 0.5) is 0 Å². The van der Waals surface area contributed by atoms with Crippen LogP contribution in [0.15, 0.2) is 12.1 Å². The number of benzene rings is 1. The Bertz CT molecular complexity index is 540. The van der Waals surface area contributed by atoms with E-state index in [-0.39, 0.29) is 11.8 Å². The Labute approximate surface area is 141 Å². The molecule has 0 heterocycles. The number of ether oxygens (including phenoxy) is 3. The van der Waals surface area contributed by atoms with E-state index >= 15 is 0 Å². The standard InChI is InChI=1S/C20H30O3/c1-7-11-12-15(5)16(6)17-13-14-18(21-8-2)20(23-10-4)19(17)22-9-3/h13-16H,7-10H2,1-6H3. The molecule has 2 atom stereocenters. The van der Waals surface area contributed by atoms with Gasteiger partial charge in [0.05, 0.1) is 19.8 Å². The first-order valence-corrected chi connectivity index (χ1v) is 8.64. The second kappa shape index (κ2) is 10.0. The van der Waals surface area contributed by atoms with Gasteiger partial charge in [-0.3, -0.25) is 0 Å². The van der Waals surface area contributed by atoms with Gasteiger partial charge in [0.2, 0.25) is 5.75 Å². The molecule has 1 aromatic carbocycles. The minimum absolute atomic E-state index is 0.251. The average Bonchev–Trinajstić information content (AvgIpc) is 2.55. The summed E-state index contributed by atoms with van der Waals surface area (Å²) in [6, 6.07) is 4.05. The highest BCUT2D eigenvalue weighted by Crippen LogP contribution is 2.44. The molecule has 0 aliphatic carbocycles. The van der Waals surface area contributed by atoms with Gasteiger partial charge in [0.15, 0.2) is 11.5 Å². The molecule has 0 bridgehead atoms. The normalized spacial score (nSPS) is 12.8. The lowest BCUT2D eigenvalue weighted by Gasteiger charge is -2.23. The summed E-state index contributed by atoms with van der Waals surface area (Å²) in [5.74, 6) is 9.23. The number of hydrogen-bond acceptors (Lipinski definition) is 3. The molecule has 3 heteroatoms. The first-order valence-electron chi connectivity index (χ1n) is 8.64. The van der Waals surface area contributed by atoms with Crippen molar-refractivity contribution in [1.29, 1.82) is 0 Å². The monoisotopic (exact) mass is 318 g/mol. The minimum atomic E-state index is 0.251. The maximum atomic E-state index is 5.93. The first kappa shape index (κ1) is 19.2. The van der Waals surface area contributed by atoms with Crippen LogP contribution in [0.3, 0.4) is 0 Å². The average molecular weight is 318 g/mol. The molecule has 0 fully saturated rings. The highest BCUT2D eigenvalue weighted by atomic mass is 16.5. The van der Waals surface area contributed by atoms with Gasteiger partial charge < -0.3 is 14.2 Å². The topological polar surface area (TPSA) is 27.7 Å². The van der Waals surface area contributed by atoms with Crippen molar-refractivity contribution in [3.05, 3.63) is 17.7 Å². The van der Waals surface area contributed by atoms with Crippen LogP contribution in [0.1, 0.15) is 59.4 Å². The van der Waals surface area contributed by atoms with Gasteiger partial charge in [0, 0.05) is 17.9 Å². The third-order valence-corrected chi connectivity index (χ3v) is 3.73. The largest absolute Gasteiger partial charge is 0.490 e. The lowest BCUT2D eigenvalue weighted by atomic mass is 9.88. The van der Waals surface area contributed by atoms with Gasteiger partial charge in [-0.1, -0.05) is 32.8 Å². The summed E-state index contributed by atoms with van der Waals surface area (Å²) in [6.45, 7) is 14.1. The van der Waals surface area contributed by atoms with Crippen molar-refractivity contribution in [2.24, 2.45) is 5.92 Å². The number of rotatable bonds is 8. The highest BCUT2D eigenvalue weighted by molar-refractivity contribution is 5.57. The van der Waals surface area contributed by atoms with Crippen molar-refractivity contribution in [1.82, 2.24) is 0 Å². The fraction of sp³-hybridized carbons (Fsp3) is 0.600. The van der Waals surface area contributed by atoms with E-state index in [1.807, 2.05) is 26.8 Å². The Balaban J connectivity index is 3.32. The molecule has 2 unspecified atom stereocenters. The summed E-state index contributed by atoms with van der Waals surface area (Å²) in [4.78, 5) is 0. The molecule has 0 radical (unpaired) electrons. The summed E-state index contributed by atoms with van der Waals surface area (Å²) >= 11 is 0. The molecule has 0 spiro atoms. The van der Waals surface area contributed by atoms with Gasteiger partial charge in [-0.25, -0.2) is 0 Å². The molecule has 23 heavy (non-hydrogen) atoms. The molecular weight excluding hydrogens is 288 g/mol. The van der Waals surface area contributed by atoms with Gasteiger partial charge in [-0.2, -0.15) is 0 Å². The van der Waals surface area contributed by atoms with Crippen LogP contribution in [0, 0.1) is 17.8 Å². The van der Waals surface area contributed by atoms with Crippen molar-refractivity contribution in [2.75, 3.05) is 19.8 Å². The van der Waals surface area contributed by atoms with Gasteiger partial charge in [-0.15, -0.1) is 5.92 Å². The Morgan fingerprint density at radius 3 is 2.04 bits per heavy atom. The van der Waals surface area contributed by atoms with Crippen molar-refractivity contribution < 1.29 is 14.2 Å². The SMILES string of the molecule is CCC#CC(C)C(C)c1ccc(OCC)c(OCC)c1OCC. The Kier molecular flexibility index (Phi) is 8.40. The molecule has 0 amide bonds. The van der Waals surface area contributed by atoms with Crippen LogP contribution in [0.5, 0.6) is 17.2 Å². The Morgan fingerprint density at radius 1 is 0.870 bits per heavy atom. The van der Waals surface area contributed by atoms with Gasteiger partial charge in [-0.05, 0) is 32.8 Å². The van der Waals surface area contributed by atoms with Gasteiger partial charge in [0.1, 0.15) is 0 Å². The molecule has 0 saturated heterocycles. The molecule has 1 rings (SSSR count). The van der Waals surface area contributed by atoms with E-state index in [4.69, 9.17) is 14.2 Å².